The summed E-state index contributed by atoms with van der Waals surface area (Å²) >= 11 is 0. The maximum absolute atomic E-state index is 12.4. The number of anilines is 1. The summed E-state index contributed by atoms with van der Waals surface area (Å²) in [6.07, 6.45) is 4.35. The highest BCUT2D eigenvalue weighted by Crippen LogP contribution is 2.33. The van der Waals surface area contributed by atoms with Gasteiger partial charge in [-0.05, 0) is 47.4 Å². The topological polar surface area (TPSA) is 93.7 Å². The Kier molecular flexibility index (Phi) is 9.46. The van der Waals surface area contributed by atoms with Crippen molar-refractivity contribution in [3.8, 4) is 0 Å². The first-order valence-corrected chi connectivity index (χ1v) is 12.7. The van der Waals surface area contributed by atoms with Crippen LogP contribution in [0.3, 0.4) is 0 Å². The predicted molar refractivity (Wildman–Crippen MR) is 146 cm³/mol. The molecule has 3 aromatic carbocycles. The Morgan fingerprint density at radius 1 is 0.946 bits per heavy atom. The van der Waals surface area contributed by atoms with Gasteiger partial charge in [0.2, 0.25) is 5.91 Å². The Morgan fingerprint density at radius 3 is 2.49 bits per heavy atom. The Hall–Kier alpha value is -3.94. The molecule has 0 fully saturated rings. The van der Waals surface area contributed by atoms with Gasteiger partial charge in [-0.3, -0.25) is 19.7 Å². The van der Waals surface area contributed by atoms with Crippen molar-refractivity contribution in [3.05, 3.63) is 107 Å². The van der Waals surface area contributed by atoms with Crippen molar-refractivity contribution in [3.63, 3.8) is 0 Å². The van der Waals surface area contributed by atoms with Crippen LogP contribution in [0.4, 0.5) is 5.69 Å². The van der Waals surface area contributed by atoms with Crippen molar-refractivity contribution >= 4 is 23.6 Å². The molecule has 0 aromatic heterocycles. The zero-order valence-corrected chi connectivity index (χ0v) is 20.9. The molecule has 7 nitrogen and oxygen atoms in total. The standard InChI is InChI=1S/C30H34N4O3/c35-29(33-37)15-14-23-10-12-25(13-11-23)22-34(18-16-26-21-32-28-9-5-4-8-27(26)28)19-17-31-30(36)20-24-6-2-1-3-7-24/h1-15,26,32,37H,16-22H2,(H,31,36)(H,33,35)/b15-14+. The number of fused-ring (bicyclic) bond motifs is 1. The van der Waals surface area contributed by atoms with Crippen LogP contribution in [0.25, 0.3) is 6.08 Å². The van der Waals surface area contributed by atoms with E-state index in [1.54, 1.807) is 11.6 Å². The number of rotatable bonds is 12. The molecule has 0 spiro atoms. The molecule has 2 amide bonds. The SMILES string of the molecule is O=C(/C=C/c1ccc(CN(CCNC(=O)Cc2ccccc2)CCC2CNc3ccccc32)cc1)NO. The second kappa shape index (κ2) is 13.4. The van der Waals surface area contributed by atoms with Gasteiger partial charge in [0.15, 0.2) is 0 Å². The van der Waals surface area contributed by atoms with Crippen molar-refractivity contribution in [2.45, 2.75) is 25.3 Å². The molecule has 0 radical (unpaired) electrons. The minimum absolute atomic E-state index is 0.0307. The summed E-state index contributed by atoms with van der Waals surface area (Å²) in [5, 5.41) is 15.2. The van der Waals surface area contributed by atoms with Gasteiger partial charge in [0.05, 0.1) is 6.42 Å². The average Bonchev–Trinajstić information content (AvgIpc) is 3.34. The van der Waals surface area contributed by atoms with Gasteiger partial charge in [0.1, 0.15) is 0 Å². The molecule has 0 saturated heterocycles. The van der Waals surface area contributed by atoms with Crippen molar-refractivity contribution in [2.75, 3.05) is 31.5 Å². The Morgan fingerprint density at radius 2 is 1.70 bits per heavy atom. The highest BCUT2D eigenvalue weighted by Gasteiger charge is 2.22. The van der Waals surface area contributed by atoms with Gasteiger partial charge in [0, 0.05) is 43.9 Å². The highest BCUT2D eigenvalue weighted by atomic mass is 16.5. The lowest BCUT2D eigenvalue weighted by Crippen LogP contribution is -2.36. The minimum Gasteiger partial charge on any atom is -0.384 e. The summed E-state index contributed by atoms with van der Waals surface area (Å²) in [5.74, 6) is -0.0628. The van der Waals surface area contributed by atoms with Crippen molar-refractivity contribution in [1.29, 1.82) is 0 Å². The van der Waals surface area contributed by atoms with E-state index >= 15 is 0 Å². The van der Waals surface area contributed by atoms with Gasteiger partial charge in [-0.15, -0.1) is 0 Å². The summed E-state index contributed by atoms with van der Waals surface area (Å²) in [5.41, 5.74) is 7.24. The van der Waals surface area contributed by atoms with Gasteiger partial charge in [-0.25, -0.2) is 5.48 Å². The fourth-order valence-corrected chi connectivity index (χ4v) is 4.62. The molecule has 0 saturated carbocycles. The van der Waals surface area contributed by atoms with E-state index in [-0.39, 0.29) is 5.91 Å². The molecular weight excluding hydrogens is 464 g/mol. The number of amides is 2. The zero-order valence-electron chi connectivity index (χ0n) is 20.9. The van der Waals surface area contributed by atoms with E-state index in [0.29, 0.717) is 18.9 Å². The summed E-state index contributed by atoms with van der Waals surface area (Å²) < 4.78 is 0. The second-order valence-electron chi connectivity index (χ2n) is 9.29. The van der Waals surface area contributed by atoms with Crippen LogP contribution in [0, 0.1) is 0 Å². The number of nitrogens with zero attached hydrogens (tertiary/aromatic N) is 1. The fourth-order valence-electron chi connectivity index (χ4n) is 4.62. The van der Waals surface area contributed by atoms with Crippen LogP contribution in [0.1, 0.15) is 34.6 Å². The monoisotopic (exact) mass is 498 g/mol. The predicted octanol–water partition coefficient (Wildman–Crippen LogP) is 3.97. The molecule has 0 aliphatic carbocycles. The molecule has 1 unspecified atom stereocenters. The normalized spacial score (nSPS) is 14.4. The van der Waals surface area contributed by atoms with Crippen LogP contribution in [-0.4, -0.2) is 48.1 Å². The van der Waals surface area contributed by atoms with Crippen LogP contribution >= 0.6 is 0 Å². The number of benzene rings is 3. The van der Waals surface area contributed by atoms with Gasteiger partial charge in [0.25, 0.3) is 5.91 Å². The lowest BCUT2D eigenvalue weighted by molar-refractivity contribution is -0.124. The molecule has 1 aliphatic rings. The summed E-state index contributed by atoms with van der Waals surface area (Å²) in [4.78, 5) is 26.0. The summed E-state index contributed by atoms with van der Waals surface area (Å²) in [7, 11) is 0. The number of carbonyl (C=O) groups is 2. The lowest BCUT2D eigenvalue weighted by atomic mass is 9.97. The number of para-hydroxylation sites is 1. The maximum Gasteiger partial charge on any atom is 0.267 e. The number of carbonyl (C=O) groups excluding carboxylic acids is 2. The molecule has 1 heterocycles. The van der Waals surface area contributed by atoms with Crippen LogP contribution < -0.4 is 16.1 Å². The molecule has 192 valence electrons. The van der Waals surface area contributed by atoms with E-state index in [1.807, 2.05) is 54.6 Å². The van der Waals surface area contributed by atoms with Gasteiger partial charge < -0.3 is 10.6 Å². The smallest absolute Gasteiger partial charge is 0.267 e. The van der Waals surface area contributed by atoms with E-state index in [9.17, 15) is 9.59 Å². The highest BCUT2D eigenvalue weighted by molar-refractivity contribution is 5.90. The first-order valence-electron chi connectivity index (χ1n) is 12.7. The Bertz CT molecular complexity index is 1190. The molecule has 3 aromatic rings. The third-order valence-corrected chi connectivity index (χ3v) is 6.61. The largest absolute Gasteiger partial charge is 0.384 e. The fraction of sp³-hybridized carbons (Fsp3) is 0.267. The zero-order chi connectivity index (χ0) is 25.9. The number of hydrogen-bond donors (Lipinski definition) is 4. The average molecular weight is 499 g/mol. The number of hydrogen-bond acceptors (Lipinski definition) is 5. The second-order valence-corrected chi connectivity index (χ2v) is 9.29. The molecule has 0 bridgehead atoms. The molecule has 7 heteroatoms. The summed E-state index contributed by atoms with van der Waals surface area (Å²) in [6.45, 7) is 3.96. The number of hydroxylamine groups is 1. The molecule has 4 N–H and O–H groups in total. The van der Waals surface area contributed by atoms with Crippen molar-refractivity contribution in [1.82, 2.24) is 15.7 Å². The lowest BCUT2D eigenvalue weighted by Gasteiger charge is -2.24. The Balaban J connectivity index is 1.34. The van der Waals surface area contributed by atoms with E-state index in [2.05, 4.69) is 39.8 Å². The van der Waals surface area contributed by atoms with Gasteiger partial charge >= 0.3 is 0 Å². The molecule has 4 rings (SSSR count). The Labute approximate surface area is 218 Å². The van der Waals surface area contributed by atoms with Crippen LogP contribution in [0.2, 0.25) is 0 Å². The third kappa shape index (κ3) is 8.03. The van der Waals surface area contributed by atoms with Crippen LogP contribution in [0.5, 0.6) is 0 Å². The maximum atomic E-state index is 12.4. The van der Waals surface area contributed by atoms with Gasteiger partial charge in [-0.2, -0.15) is 0 Å². The van der Waals surface area contributed by atoms with E-state index in [1.165, 1.54) is 17.3 Å². The van der Waals surface area contributed by atoms with Crippen molar-refractivity contribution in [2.24, 2.45) is 0 Å². The first-order chi connectivity index (χ1) is 18.1. The molecule has 37 heavy (non-hydrogen) atoms. The first kappa shape index (κ1) is 26.1. The molecular formula is C30H34N4O3. The molecule has 1 atom stereocenters. The van der Waals surface area contributed by atoms with Crippen molar-refractivity contribution < 1.29 is 14.8 Å². The third-order valence-electron chi connectivity index (χ3n) is 6.61. The minimum atomic E-state index is -0.562. The van der Waals surface area contributed by atoms with Gasteiger partial charge in [-0.1, -0.05) is 72.8 Å². The van der Waals surface area contributed by atoms with Crippen LogP contribution in [0.15, 0.2) is 84.9 Å². The number of nitrogens with one attached hydrogen (secondary N) is 3. The van der Waals surface area contributed by atoms with Crippen LogP contribution in [-0.2, 0) is 22.6 Å². The quantitative estimate of drug-likeness (QED) is 0.172. The molecule has 1 aliphatic heterocycles. The van der Waals surface area contributed by atoms with E-state index in [0.717, 1.165) is 49.3 Å². The summed E-state index contributed by atoms with van der Waals surface area (Å²) in [6, 6.07) is 26.3. The van der Waals surface area contributed by atoms with E-state index < -0.39 is 5.91 Å². The van der Waals surface area contributed by atoms with E-state index in [4.69, 9.17) is 5.21 Å².